The summed E-state index contributed by atoms with van der Waals surface area (Å²) in [6.45, 7) is 3.69. The van der Waals surface area contributed by atoms with Crippen LogP contribution >= 0.6 is 11.6 Å². The number of aromatic nitrogens is 4. The number of rotatable bonds is 4. The van der Waals surface area contributed by atoms with Gasteiger partial charge in [-0.15, -0.1) is 10.2 Å². The van der Waals surface area contributed by atoms with E-state index in [0.29, 0.717) is 27.8 Å². The van der Waals surface area contributed by atoms with Crippen molar-refractivity contribution in [3.05, 3.63) is 70.6 Å². The normalized spacial score (nSPS) is 10.9. The zero-order chi connectivity index (χ0) is 20.5. The molecule has 0 aliphatic heterocycles. The van der Waals surface area contributed by atoms with Gasteiger partial charge in [-0.25, -0.2) is 4.52 Å². The largest absolute Gasteiger partial charge is 0.495 e. The Labute approximate surface area is 172 Å². The van der Waals surface area contributed by atoms with Gasteiger partial charge in [-0.1, -0.05) is 41.9 Å². The van der Waals surface area contributed by atoms with Gasteiger partial charge in [-0.2, -0.15) is 5.10 Å². The lowest BCUT2D eigenvalue weighted by molar-refractivity contribution is 0.101. The number of amides is 1. The van der Waals surface area contributed by atoms with Crippen molar-refractivity contribution in [2.24, 2.45) is 0 Å². The molecule has 8 heteroatoms. The van der Waals surface area contributed by atoms with Gasteiger partial charge in [-0.3, -0.25) is 4.79 Å². The number of methoxy groups -OCH3 is 1. The molecule has 0 unspecified atom stereocenters. The predicted molar refractivity (Wildman–Crippen MR) is 112 cm³/mol. The lowest BCUT2D eigenvalue weighted by Crippen LogP contribution is -2.19. The maximum atomic E-state index is 12.9. The number of fused-ring (bicyclic) bond motifs is 1. The van der Waals surface area contributed by atoms with E-state index in [9.17, 15) is 4.79 Å². The number of halogens is 1. The van der Waals surface area contributed by atoms with E-state index in [1.54, 1.807) is 29.6 Å². The SMILES string of the molecule is COc1ccc(Cl)cc1NC(=O)c1nnc2c(-c3ccccc3)c(C)nn2c1C. The molecule has 0 saturated carbocycles. The van der Waals surface area contributed by atoms with E-state index in [4.69, 9.17) is 16.3 Å². The Morgan fingerprint density at radius 1 is 1.10 bits per heavy atom. The fourth-order valence-corrected chi connectivity index (χ4v) is 3.40. The molecule has 4 aromatic rings. The highest BCUT2D eigenvalue weighted by Gasteiger charge is 2.21. The van der Waals surface area contributed by atoms with Crippen LogP contribution in [0.1, 0.15) is 21.9 Å². The Balaban J connectivity index is 1.75. The molecule has 1 amide bonds. The molecular formula is C21H18ClN5O2. The van der Waals surface area contributed by atoms with Crippen LogP contribution in [0.3, 0.4) is 0 Å². The molecule has 0 aliphatic carbocycles. The number of carbonyl (C=O) groups is 1. The molecule has 2 aromatic carbocycles. The summed E-state index contributed by atoms with van der Waals surface area (Å²) in [4.78, 5) is 12.9. The van der Waals surface area contributed by atoms with Crippen LogP contribution in [0.4, 0.5) is 5.69 Å². The third kappa shape index (κ3) is 3.40. The van der Waals surface area contributed by atoms with E-state index in [-0.39, 0.29) is 5.69 Å². The van der Waals surface area contributed by atoms with Crippen molar-refractivity contribution in [2.75, 3.05) is 12.4 Å². The van der Waals surface area contributed by atoms with E-state index < -0.39 is 5.91 Å². The zero-order valence-corrected chi connectivity index (χ0v) is 16.9. The van der Waals surface area contributed by atoms with Gasteiger partial charge in [0.1, 0.15) is 5.75 Å². The topological polar surface area (TPSA) is 81.4 Å². The van der Waals surface area contributed by atoms with Crippen molar-refractivity contribution < 1.29 is 9.53 Å². The van der Waals surface area contributed by atoms with Crippen LogP contribution in [0.2, 0.25) is 5.02 Å². The Hall–Kier alpha value is -3.45. The summed E-state index contributed by atoms with van der Waals surface area (Å²) in [7, 11) is 1.52. The van der Waals surface area contributed by atoms with E-state index in [1.165, 1.54) is 7.11 Å². The second kappa shape index (κ2) is 7.52. The summed E-state index contributed by atoms with van der Waals surface area (Å²) in [5, 5.41) is 16.3. The van der Waals surface area contributed by atoms with Gasteiger partial charge in [0.2, 0.25) is 0 Å². The number of ether oxygens (including phenoxy) is 1. The van der Waals surface area contributed by atoms with Crippen molar-refractivity contribution in [3.63, 3.8) is 0 Å². The van der Waals surface area contributed by atoms with Crippen LogP contribution in [0.5, 0.6) is 5.75 Å². The molecule has 146 valence electrons. The van der Waals surface area contributed by atoms with E-state index in [0.717, 1.165) is 16.8 Å². The van der Waals surface area contributed by atoms with Crippen LogP contribution in [-0.4, -0.2) is 32.8 Å². The van der Waals surface area contributed by atoms with E-state index >= 15 is 0 Å². The second-order valence-corrected chi connectivity index (χ2v) is 6.93. The first-order valence-corrected chi connectivity index (χ1v) is 9.30. The van der Waals surface area contributed by atoms with Crippen LogP contribution in [0.15, 0.2) is 48.5 Å². The third-order valence-electron chi connectivity index (χ3n) is 4.63. The first kappa shape index (κ1) is 18.9. The molecule has 2 aromatic heterocycles. The minimum Gasteiger partial charge on any atom is -0.495 e. The summed E-state index contributed by atoms with van der Waals surface area (Å²) in [6, 6.07) is 14.8. The number of nitrogens with one attached hydrogen (secondary N) is 1. The van der Waals surface area contributed by atoms with Crippen LogP contribution in [-0.2, 0) is 0 Å². The summed E-state index contributed by atoms with van der Waals surface area (Å²) >= 11 is 6.04. The molecule has 7 nitrogen and oxygen atoms in total. The molecule has 0 radical (unpaired) electrons. The fourth-order valence-electron chi connectivity index (χ4n) is 3.22. The van der Waals surface area contributed by atoms with Crippen LogP contribution < -0.4 is 10.1 Å². The van der Waals surface area contributed by atoms with Gasteiger partial charge >= 0.3 is 0 Å². The molecule has 0 atom stereocenters. The summed E-state index contributed by atoms with van der Waals surface area (Å²) in [6.07, 6.45) is 0. The van der Waals surface area contributed by atoms with Crippen LogP contribution in [0, 0.1) is 13.8 Å². The predicted octanol–water partition coefficient (Wildman–Crippen LogP) is 4.32. The standard InChI is InChI=1S/C21H18ClN5O2/c1-12-18(14-7-5-4-6-8-14)20-25-24-19(13(2)27(20)26-12)21(28)23-16-11-15(22)9-10-17(16)29-3/h4-11H,1-3H3,(H,23,28). The zero-order valence-electron chi connectivity index (χ0n) is 16.1. The number of nitrogens with zero attached hydrogens (tertiary/aromatic N) is 4. The van der Waals surface area contributed by atoms with Gasteiger partial charge < -0.3 is 10.1 Å². The number of carbonyl (C=O) groups excluding carboxylic acids is 1. The Kier molecular flexibility index (Phi) is 4.90. The third-order valence-corrected chi connectivity index (χ3v) is 4.86. The van der Waals surface area contributed by atoms with E-state index in [1.807, 2.05) is 37.3 Å². The van der Waals surface area contributed by atoms with Gasteiger partial charge in [0.25, 0.3) is 5.91 Å². The van der Waals surface area contributed by atoms with Crippen molar-refractivity contribution in [3.8, 4) is 16.9 Å². The highest BCUT2D eigenvalue weighted by Crippen LogP contribution is 2.29. The van der Waals surface area contributed by atoms with Crippen molar-refractivity contribution in [1.82, 2.24) is 19.8 Å². The maximum absolute atomic E-state index is 12.9. The average molecular weight is 408 g/mol. The number of anilines is 1. The molecule has 0 fully saturated rings. The maximum Gasteiger partial charge on any atom is 0.278 e. The molecule has 2 heterocycles. The first-order chi connectivity index (χ1) is 14.0. The minimum atomic E-state index is -0.424. The number of hydrogen-bond acceptors (Lipinski definition) is 5. The molecule has 4 rings (SSSR count). The second-order valence-electron chi connectivity index (χ2n) is 6.49. The summed E-state index contributed by atoms with van der Waals surface area (Å²) in [5.74, 6) is 0.0719. The first-order valence-electron chi connectivity index (χ1n) is 8.92. The number of benzene rings is 2. The summed E-state index contributed by atoms with van der Waals surface area (Å²) in [5.41, 5.74) is 4.50. The highest BCUT2D eigenvalue weighted by molar-refractivity contribution is 6.31. The molecule has 0 aliphatic rings. The Morgan fingerprint density at radius 3 is 2.59 bits per heavy atom. The lowest BCUT2D eigenvalue weighted by Gasteiger charge is -2.11. The molecular weight excluding hydrogens is 390 g/mol. The van der Waals surface area contributed by atoms with Crippen molar-refractivity contribution in [2.45, 2.75) is 13.8 Å². The van der Waals surface area contributed by atoms with Gasteiger partial charge in [-0.05, 0) is 37.6 Å². The smallest absolute Gasteiger partial charge is 0.278 e. The lowest BCUT2D eigenvalue weighted by atomic mass is 10.1. The fraction of sp³-hybridized carbons (Fsp3) is 0.143. The van der Waals surface area contributed by atoms with Gasteiger partial charge in [0.05, 0.1) is 29.7 Å². The number of aryl methyl sites for hydroxylation is 2. The summed E-state index contributed by atoms with van der Waals surface area (Å²) < 4.78 is 6.93. The Bertz CT molecular complexity index is 1220. The van der Waals surface area contributed by atoms with Crippen LogP contribution in [0.25, 0.3) is 16.8 Å². The van der Waals surface area contributed by atoms with Gasteiger partial charge in [0, 0.05) is 5.02 Å². The number of hydrogen-bond donors (Lipinski definition) is 1. The molecule has 0 spiro atoms. The highest BCUT2D eigenvalue weighted by atomic mass is 35.5. The monoisotopic (exact) mass is 407 g/mol. The van der Waals surface area contributed by atoms with Crippen molar-refractivity contribution in [1.29, 1.82) is 0 Å². The van der Waals surface area contributed by atoms with Gasteiger partial charge in [0.15, 0.2) is 11.3 Å². The average Bonchev–Trinajstić information content (AvgIpc) is 3.06. The Morgan fingerprint density at radius 2 is 1.86 bits per heavy atom. The molecule has 1 N–H and O–H groups in total. The molecule has 0 saturated heterocycles. The van der Waals surface area contributed by atoms with E-state index in [2.05, 4.69) is 20.6 Å². The van der Waals surface area contributed by atoms with Crippen molar-refractivity contribution >= 4 is 28.8 Å². The quantitative estimate of drug-likeness (QED) is 0.544. The molecule has 29 heavy (non-hydrogen) atoms. The molecule has 0 bridgehead atoms. The minimum absolute atomic E-state index is 0.168.